The van der Waals surface area contributed by atoms with E-state index in [1.807, 2.05) is 32.0 Å². The van der Waals surface area contributed by atoms with Gasteiger partial charge in [-0.15, -0.1) is 0 Å². The molecule has 154 valence electrons. The largest absolute Gasteiger partial charge is 0.355 e. The molecule has 4 rings (SSSR count). The lowest BCUT2D eigenvalue weighted by molar-refractivity contribution is -0.128. The van der Waals surface area contributed by atoms with Gasteiger partial charge in [0.15, 0.2) is 5.50 Å². The predicted molar refractivity (Wildman–Crippen MR) is 129 cm³/mol. The SMILES string of the molecule is Cc1cc(C)c2c(c1)SC(NC(=O)CN1C(=O)C(=Cc3ccccc3Cl)SC1=S)N2. The molecule has 0 aliphatic carbocycles. The summed E-state index contributed by atoms with van der Waals surface area (Å²) in [5, 5.41) is 6.79. The Balaban J connectivity index is 1.40. The summed E-state index contributed by atoms with van der Waals surface area (Å²) in [6.07, 6.45) is 1.70. The van der Waals surface area contributed by atoms with Gasteiger partial charge >= 0.3 is 0 Å². The number of hydrogen-bond donors (Lipinski definition) is 2. The van der Waals surface area contributed by atoms with E-state index in [0.717, 1.165) is 21.7 Å². The van der Waals surface area contributed by atoms with Crippen LogP contribution in [0.5, 0.6) is 0 Å². The van der Waals surface area contributed by atoms with E-state index in [2.05, 4.69) is 22.8 Å². The lowest BCUT2D eigenvalue weighted by Gasteiger charge is -2.17. The molecule has 2 N–H and O–H groups in total. The monoisotopic (exact) mass is 475 g/mol. The van der Waals surface area contributed by atoms with E-state index in [0.29, 0.717) is 14.2 Å². The number of carbonyl (C=O) groups is 2. The second-order valence-electron chi connectivity index (χ2n) is 6.95. The number of amides is 2. The summed E-state index contributed by atoms with van der Waals surface area (Å²) in [5.74, 6) is -0.570. The van der Waals surface area contributed by atoms with Crippen LogP contribution in [0.2, 0.25) is 5.02 Å². The van der Waals surface area contributed by atoms with Crippen molar-refractivity contribution < 1.29 is 9.59 Å². The van der Waals surface area contributed by atoms with Gasteiger partial charge in [0, 0.05) is 9.92 Å². The predicted octanol–water partition coefficient (Wildman–Crippen LogP) is 4.78. The first-order valence-corrected chi connectivity index (χ1v) is 11.6. The molecule has 2 aromatic carbocycles. The van der Waals surface area contributed by atoms with Crippen LogP contribution < -0.4 is 10.6 Å². The fraction of sp³-hybridized carbons (Fsp3) is 0.190. The summed E-state index contributed by atoms with van der Waals surface area (Å²) in [5.41, 5.74) is 3.79. The van der Waals surface area contributed by atoms with Crippen molar-refractivity contribution in [3.8, 4) is 0 Å². The first-order chi connectivity index (χ1) is 14.3. The number of fused-ring (bicyclic) bond motifs is 1. The highest BCUT2D eigenvalue weighted by Crippen LogP contribution is 2.40. The van der Waals surface area contributed by atoms with Gasteiger partial charge in [-0.3, -0.25) is 14.5 Å². The van der Waals surface area contributed by atoms with Crippen LogP contribution in [0.1, 0.15) is 16.7 Å². The number of thioether (sulfide) groups is 2. The fourth-order valence-corrected chi connectivity index (χ4v) is 5.91. The average molecular weight is 476 g/mol. The molecule has 9 heteroatoms. The van der Waals surface area contributed by atoms with E-state index < -0.39 is 0 Å². The normalized spacial score (nSPS) is 19.2. The van der Waals surface area contributed by atoms with E-state index >= 15 is 0 Å². The molecule has 2 amide bonds. The minimum absolute atomic E-state index is 0.127. The topological polar surface area (TPSA) is 61.4 Å². The van der Waals surface area contributed by atoms with E-state index in [1.54, 1.807) is 23.9 Å². The van der Waals surface area contributed by atoms with Crippen LogP contribution in [0, 0.1) is 13.8 Å². The molecule has 2 heterocycles. The third-order valence-corrected chi connectivity index (χ3v) is 7.39. The van der Waals surface area contributed by atoms with Gasteiger partial charge in [-0.2, -0.15) is 0 Å². The molecule has 1 atom stereocenters. The molecule has 0 saturated carbocycles. The van der Waals surface area contributed by atoms with Crippen molar-refractivity contribution in [2.75, 3.05) is 11.9 Å². The molecule has 1 fully saturated rings. The lowest BCUT2D eigenvalue weighted by Crippen LogP contribution is -2.44. The zero-order valence-electron chi connectivity index (χ0n) is 16.2. The molecule has 0 radical (unpaired) electrons. The summed E-state index contributed by atoms with van der Waals surface area (Å²) < 4.78 is 0.357. The van der Waals surface area contributed by atoms with Gasteiger partial charge in [-0.1, -0.05) is 71.6 Å². The van der Waals surface area contributed by atoms with Gasteiger partial charge in [-0.25, -0.2) is 0 Å². The van der Waals surface area contributed by atoms with Crippen molar-refractivity contribution in [2.45, 2.75) is 24.2 Å². The van der Waals surface area contributed by atoms with Crippen LogP contribution in [-0.4, -0.2) is 33.1 Å². The maximum Gasteiger partial charge on any atom is 0.266 e. The number of benzene rings is 2. The molecule has 1 unspecified atom stereocenters. The molecule has 0 spiro atoms. The lowest BCUT2D eigenvalue weighted by atomic mass is 10.1. The summed E-state index contributed by atoms with van der Waals surface area (Å²) >= 11 is 14.2. The van der Waals surface area contributed by atoms with Crippen molar-refractivity contribution in [1.29, 1.82) is 0 Å². The first kappa shape index (κ1) is 21.2. The Morgan fingerprint density at radius 3 is 2.87 bits per heavy atom. The number of hydrogen-bond acceptors (Lipinski definition) is 6. The van der Waals surface area contributed by atoms with Crippen LogP contribution in [-0.2, 0) is 9.59 Å². The van der Waals surface area contributed by atoms with Gasteiger partial charge in [0.1, 0.15) is 10.9 Å². The number of thiocarbonyl (C=S) groups is 1. The van der Waals surface area contributed by atoms with Crippen LogP contribution in [0.15, 0.2) is 46.2 Å². The van der Waals surface area contributed by atoms with Gasteiger partial charge in [-0.05, 0) is 48.7 Å². The maximum atomic E-state index is 12.8. The highest BCUT2D eigenvalue weighted by molar-refractivity contribution is 8.26. The van der Waals surface area contributed by atoms with Gasteiger partial charge < -0.3 is 10.6 Å². The van der Waals surface area contributed by atoms with Crippen molar-refractivity contribution in [3.05, 3.63) is 63.0 Å². The number of aryl methyl sites for hydroxylation is 2. The fourth-order valence-electron chi connectivity index (χ4n) is 3.26. The second kappa shape index (κ2) is 8.63. The number of rotatable bonds is 4. The van der Waals surface area contributed by atoms with Gasteiger partial charge in [0.05, 0.1) is 10.6 Å². The smallest absolute Gasteiger partial charge is 0.266 e. The number of anilines is 1. The Morgan fingerprint density at radius 2 is 2.10 bits per heavy atom. The third-order valence-electron chi connectivity index (χ3n) is 4.62. The minimum atomic E-state index is -0.290. The van der Waals surface area contributed by atoms with Crippen LogP contribution >= 0.6 is 47.3 Å². The van der Waals surface area contributed by atoms with Crippen molar-refractivity contribution in [2.24, 2.45) is 0 Å². The Hall–Kier alpha value is -2.00. The zero-order valence-corrected chi connectivity index (χ0v) is 19.4. The Kier molecular flexibility index (Phi) is 6.11. The van der Waals surface area contributed by atoms with Gasteiger partial charge in [0.25, 0.3) is 5.91 Å². The molecular formula is C21H18ClN3O2S3. The van der Waals surface area contributed by atoms with Crippen molar-refractivity contribution in [1.82, 2.24) is 10.2 Å². The maximum absolute atomic E-state index is 12.8. The third kappa shape index (κ3) is 4.37. The molecule has 2 aliphatic heterocycles. The molecule has 2 aliphatic rings. The standard InChI is InChI=1S/C21H18ClN3O2S3/c1-11-7-12(2)18-15(8-11)29-20(24-18)23-17(26)10-25-19(27)16(30-21(25)28)9-13-5-3-4-6-14(13)22/h3-9,20,24H,10H2,1-2H3,(H,23,26). The van der Waals surface area contributed by atoms with Crippen molar-refractivity contribution in [3.63, 3.8) is 0 Å². The molecule has 2 aromatic rings. The number of carbonyl (C=O) groups excluding carboxylic acids is 2. The molecule has 0 bridgehead atoms. The van der Waals surface area contributed by atoms with Crippen molar-refractivity contribution >= 4 is 75.2 Å². The van der Waals surface area contributed by atoms with E-state index in [4.69, 9.17) is 23.8 Å². The minimum Gasteiger partial charge on any atom is -0.355 e. The number of nitrogens with zero attached hydrogens (tertiary/aromatic N) is 1. The Bertz CT molecular complexity index is 1100. The highest BCUT2D eigenvalue weighted by Gasteiger charge is 2.34. The van der Waals surface area contributed by atoms with Crippen LogP contribution in [0.25, 0.3) is 6.08 Å². The Labute approximate surface area is 193 Å². The van der Waals surface area contributed by atoms with E-state index in [9.17, 15) is 9.59 Å². The van der Waals surface area contributed by atoms with E-state index in [1.165, 1.54) is 22.2 Å². The molecular weight excluding hydrogens is 458 g/mol. The number of nitrogens with one attached hydrogen (secondary N) is 2. The summed E-state index contributed by atoms with van der Waals surface area (Å²) in [6, 6.07) is 11.4. The van der Waals surface area contributed by atoms with Crippen LogP contribution in [0.4, 0.5) is 5.69 Å². The molecule has 1 saturated heterocycles. The van der Waals surface area contributed by atoms with E-state index in [-0.39, 0.29) is 23.9 Å². The molecule has 30 heavy (non-hydrogen) atoms. The molecule has 0 aromatic heterocycles. The molecule has 5 nitrogen and oxygen atoms in total. The zero-order chi connectivity index (χ0) is 21.4. The average Bonchev–Trinajstić information content (AvgIpc) is 3.19. The summed E-state index contributed by atoms with van der Waals surface area (Å²) in [6.45, 7) is 3.96. The highest BCUT2D eigenvalue weighted by atomic mass is 35.5. The summed E-state index contributed by atoms with van der Waals surface area (Å²) in [4.78, 5) is 28.2. The Morgan fingerprint density at radius 1 is 1.33 bits per heavy atom. The first-order valence-electron chi connectivity index (χ1n) is 9.15. The van der Waals surface area contributed by atoms with Crippen LogP contribution in [0.3, 0.4) is 0 Å². The second-order valence-corrected chi connectivity index (χ2v) is 10.2. The number of halogens is 1. The van der Waals surface area contributed by atoms with Gasteiger partial charge in [0.2, 0.25) is 5.91 Å². The summed E-state index contributed by atoms with van der Waals surface area (Å²) in [7, 11) is 0. The quantitative estimate of drug-likeness (QED) is 0.490.